The number of ether oxygens (including phenoxy) is 1. The van der Waals surface area contributed by atoms with Crippen molar-refractivity contribution in [2.24, 2.45) is 0 Å². The van der Waals surface area contributed by atoms with Crippen molar-refractivity contribution in [3.63, 3.8) is 0 Å². The van der Waals surface area contributed by atoms with E-state index >= 15 is 0 Å². The van der Waals surface area contributed by atoms with E-state index in [1.54, 1.807) is 0 Å². The number of morpholine rings is 1. The van der Waals surface area contributed by atoms with Crippen LogP contribution in [0.3, 0.4) is 0 Å². The van der Waals surface area contributed by atoms with Crippen LogP contribution in [0.4, 0.5) is 0 Å². The normalized spacial score (nSPS) is 20.4. The Bertz CT molecular complexity index is 698. The van der Waals surface area contributed by atoms with E-state index in [9.17, 15) is 9.59 Å². The van der Waals surface area contributed by atoms with E-state index in [1.165, 1.54) is 0 Å². The number of hydrogen-bond acceptors (Lipinski definition) is 5. The average molecular weight is 417 g/mol. The Morgan fingerprint density at radius 3 is 2.37 bits per heavy atom. The highest BCUT2D eigenvalue weighted by molar-refractivity contribution is 5.83. The number of carbonyl (C=O) groups is 2. The molecule has 7 nitrogen and oxygen atoms in total. The zero-order valence-electron chi connectivity index (χ0n) is 18.6. The molecular formula is C23H36N4O3. The second-order valence-electron chi connectivity index (χ2n) is 9.21. The quantitative estimate of drug-likeness (QED) is 0.788. The SMILES string of the molecule is CC(C)(C)NC(=O)CN1CCCN([C@H](C(=O)N2CCOCC2)c2ccccc2)CC1. The number of hydrogen-bond donors (Lipinski definition) is 1. The molecule has 2 saturated heterocycles. The van der Waals surface area contributed by atoms with E-state index in [-0.39, 0.29) is 23.4 Å². The molecular weight excluding hydrogens is 380 g/mol. The molecule has 2 aliphatic rings. The largest absolute Gasteiger partial charge is 0.378 e. The van der Waals surface area contributed by atoms with Gasteiger partial charge in [-0.05, 0) is 39.3 Å². The van der Waals surface area contributed by atoms with Gasteiger partial charge in [-0.1, -0.05) is 30.3 Å². The minimum absolute atomic E-state index is 0.0555. The van der Waals surface area contributed by atoms with Crippen LogP contribution in [0.5, 0.6) is 0 Å². The first kappa shape index (κ1) is 22.7. The van der Waals surface area contributed by atoms with Crippen molar-refractivity contribution in [3.05, 3.63) is 35.9 Å². The summed E-state index contributed by atoms with van der Waals surface area (Å²) < 4.78 is 5.43. The lowest BCUT2D eigenvalue weighted by Crippen LogP contribution is -2.48. The smallest absolute Gasteiger partial charge is 0.244 e. The highest BCUT2D eigenvalue weighted by Gasteiger charge is 2.33. The lowest BCUT2D eigenvalue weighted by atomic mass is 10.0. The number of nitrogens with zero attached hydrogens (tertiary/aromatic N) is 3. The minimum Gasteiger partial charge on any atom is -0.378 e. The molecule has 1 aromatic carbocycles. The van der Waals surface area contributed by atoms with Crippen molar-refractivity contribution in [2.45, 2.75) is 38.8 Å². The summed E-state index contributed by atoms with van der Waals surface area (Å²) in [5.74, 6) is 0.211. The highest BCUT2D eigenvalue weighted by Crippen LogP contribution is 2.25. The van der Waals surface area contributed by atoms with Crippen molar-refractivity contribution in [3.8, 4) is 0 Å². The van der Waals surface area contributed by atoms with E-state index < -0.39 is 0 Å². The van der Waals surface area contributed by atoms with Crippen molar-refractivity contribution < 1.29 is 14.3 Å². The van der Waals surface area contributed by atoms with Gasteiger partial charge in [0.15, 0.2) is 0 Å². The second-order valence-corrected chi connectivity index (χ2v) is 9.21. The Kier molecular flexibility index (Phi) is 7.86. The Morgan fingerprint density at radius 1 is 1.00 bits per heavy atom. The van der Waals surface area contributed by atoms with Gasteiger partial charge < -0.3 is 15.0 Å². The van der Waals surface area contributed by atoms with Gasteiger partial charge in [0.05, 0.1) is 19.8 Å². The van der Waals surface area contributed by atoms with Crippen LogP contribution in [0.1, 0.15) is 38.8 Å². The fraction of sp³-hybridized carbons (Fsp3) is 0.652. The summed E-state index contributed by atoms with van der Waals surface area (Å²) in [5.41, 5.74) is 0.811. The van der Waals surface area contributed by atoms with Gasteiger partial charge in [0.25, 0.3) is 0 Å². The maximum absolute atomic E-state index is 13.5. The van der Waals surface area contributed by atoms with Crippen molar-refractivity contribution in [2.75, 3.05) is 59.0 Å². The number of carbonyl (C=O) groups excluding carboxylic acids is 2. The van der Waals surface area contributed by atoms with Crippen LogP contribution in [0, 0.1) is 0 Å². The molecule has 7 heteroatoms. The Labute approximate surface area is 180 Å². The number of amides is 2. The first-order valence-corrected chi connectivity index (χ1v) is 11.0. The molecule has 0 unspecified atom stereocenters. The van der Waals surface area contributed by atoms with Crippen LogP contribution in [0.25, 0.3) is 0 Å². The molecule has 0 bridgehead atoms. The van der Waals surface area contributed by atoms with Gasteiger partial charge in [0, 0.05) is 38.3 Å². The van der Waals surface area contributed by atoms with Crippen LogP contribution < -0.4 is 5.32 Å². The fourth-order valence-electron chi connectivity index (χ4n) is 4.17. The standard InChI is InChI=1S/C23H36N4O3/c1-23(2,3)24-20(28)18-25-10-7-11-26(13-12-25)21(19-8-5-4-6-9-19)22(29)27-14-16-30-17-15-27/h4-6,8-9,21H,7,10-18H2,1-3H3,(H,24,28)/t21-/m0/s1. The molecule has 0 aromatic heterocycles. The third kappa shape index (κ3) is 6.52. The molecule has 0 spiro atoms. The van der Waals surface area contributed by atoms with Crippen LogP contribution in [-0.2, 0) is 14.3 Å². The molecule has 1 atom stereocenters. The zero-order chi connectivity index (χ0) is 21.6. The molecule has 166 valence electrons. The lowest BCUT2D eigenvalue weighted by molar-refractivity contribution is -0.141. The monoisotopic (exact) mass is 416 g/mol. The van der Waals surface area contributed by atoms with Gasteiger partial charge in [-0.3, -0.25) is 19.4 Å². The maximum atomic E-state index is 13.5. The summed E-state index contributed by atoms with van der Waals surface area (Å²) in [6.45, 7) is 12.1. The summed E-state index contributed by atoms with van der Waals surface area (Å²) in [7, 11) is 0. The average Bonchev–Trinajstić information content (AvgIpc) is 2.94. The van der Waals surface area contributed by atoms with Gasteiger partial charge in [-0.2, -0.15) is 0 Å². The van der Waals surface area contributed by atoms with Crippen LogP contribution >= 0.6 is 0 Å². The van der Waals surface area contributed by atoms with Crippen molar-refractivity contribution >= 4 is 11.8 Å². The van der Waals surface area contributed by atoms with Crippen LogP contribution in [0.15, 0.2) is 30.3 Å². The predicted octanol–water partition coefficient (Wildman–Crippen LogP) is 1.51. The van der Waals surface area contributed by atoms with E-state index in [0.717, 1.165) is 38.2 Å². The van der Waals surface area contributed by atoms with Crippen molar-refractivity contribution in [1.82, 2.24) is 20.0 Å². The number of rotatable bonds is 5. The lowest BCUT2D eigenvalue weighted by Gasteiger charge is -2.36. The third-order valence-corrected chi connectivity index (χ3v) is 5.54. The Balaban J connectivity index is 1.68. The summed E-state index contributed by atoms with van der Waals surface area (Å²) in [5, 5.41) is 3.04. The molecule has 30 heavy (non-hydrogen) atoms. The number of nitrogens with one attached hydrogen (secondary N) is 1. The molecule has 0 saturated carbocycles. The topological polar surface area (TPSA) is 65.1 Å². The van der Waals surface area contributed by atoms with E-state index in [4.69, 9.17) is 4.74 Å². The molecule has 2 aliphatic heterocycles. The molecule has 2 heterocycles. The summed E-state index contributed by atoms with van der Waals surface area (Å²) >= 11 is 0. The molecule has 0 radical (unpaired) electrons. The first-order chi connectivity index (χ1) is 14.3. The van der Waals surface area contributed by atoms with E-state index in [1.807, 2.05) is 56.0 Å². The first-order valence-electron chi connectivity index (χ1n) is 11.0. The van der Waals surface area contributed by atoms with Gasteiger partial charge in [0.1, 0.15) is 6.04 Å². The zero-order valence-corrected chi connectivity index (χ0v) is 18.6. The molecule has 1 N–H and O–H groups in total. The molecule has 2 amide bonds. The van der Waals surface area contributed by atoms with Gasteiger partial charge in [0.2, 0.25) is 11.8 Å². The third-order valence-electron chi connectivity index (χ3n) is 5.54. The second kappa shape index (κ2) is 10.4. The van der Waals surface area contributed by atoms with Gasteiger partial charge in [-0.15, -0.1) is 0 Å². The molecule has 2 fully saturated rings. The van der Waals surface area contributed by atoms with Crippen LogP contribution in [-0.4, -0.2) is 91.1 Å². The minimum atomic E-state index is -0.285. The van der Waals surface area contributed by atoms with E-state index in [2.05, 4.69) is 15.1 Å². The Hall–Kier alpha value is -1.96. The maximum Gasteiger partial charge on any atom is 0.244 e. The summed E-state index contributed by atoms with van der Waals surface area (Å²) in [4.78, 5) is 32.2. The highest BCUT2D eigenvalue weighted by atomic mass is 16.5. The fourth-order valence-corrected chi connectivity index (χ4v) is 4.17. The summed E-state index contributed by atoms with van der Waals surface area (Å²) in [6.07, 6.45) is 0.933. The van der Waals surface area contributed by atoms with Gasteiger partial charge >= 0.3 is 0 Å². The number of benzene rings is 1. The van der Waals surface area contributed by atoms with Crippen molar-refractivity contribution in [1.29, 1.82) is 0 Å². The van der Waals surface area contributed by atoms with Crippen LogP contribution in [0.2, 0.25) is 0 Å². The molecule has 3 rings (SSSR count). The van der Waals surface area contributed by atoms with Gasteiger partial charge in [-0.25, -0.2) is 0 Å². The van der Waals surface area contributed by atoms with E-state index in [0.29, 0.717) is 32.8 Å². The molecule has 0 aliphatic carbocycles. The summed E-state index contributed by atoms with van der Waals surface area (Å²) in [6, 6.07) is 9.78. The Morgan fingerprint density at radius 2 is 1.70 bits per heavy atom. The predicted molar refractivity (Wildman–Crippen MR) is 117 cm³/mol. The molecule has 1 aromatic rings.